The van der Waals surface area contributed by atoms with E-state index < -0.39 is 16.3 Å². The molecule has 0 aliphatic carbocycles. The highest BCUT2D eigenvalue weighted by Crippen LogP contribution is 2.19. The van der Waals surface area contributed by atoms with Crippen molar-refractivity contribution in [2.45, 2.75) is 26.8 Å². The number of nitriles is 1. The van der Waals surface area contributed by atoms with E-state index in [1.807, 2.05) is 19.9 Å². The second-order valence-electron chi connectivity index (χ2n) is 5.67. The Morgan fingerprint density at radius 3 is 2.59 bits per heavy atom. The van der Waals surface area contributed by atoms with Crippen LogP contribution in [0.3, 0.4) is 0 Å². The van der Waals surface area contributed by atoms with Gasteiger partial charge in [-0.25, -0.2) is 9.37 Å². The minimum Gasteiger partial charge on any atom is -0.497 e. The van der Waals surface area contributed by atoms with E-state index in [0.717, 1.165) is 10.6 Å². The molecule has 0 aliphatic heterocycles. The normalized spacial score (nSPS) is 10.0. The standard InChI is InChI=1S/C18H13FN4O4.C2H6/c1-27-13-4-2-11(15(19)9-13)6-7-22-17(10-20)21-16-8-12(23(25)26)3-5-14(16)18(22)24;1-2/h2-5,8-9H,6-7H2,1H3;1-2H3. The molecular weight excluding hydrogens is 379 g/mol. The van der Waals surface area contributed by atoms with Crippen LogP contribution in [0.5, 0.6) is 5.75 Å². The van der Waals surface area contributed by atoms with Gasteiger partial charge in [-0.1, -0.05) is 19.9 Å². The van der Waals surface area contributed by atoms with Crippen LogP contribution in [0, 0.1) is 27.3 Å². The fraction of sp³-hybridized carbons (Fsp3) is 0.250. The van der Waals surface area contributed by atoms with Crippen LogP contribution in [0.4, 0.5) is 10.1 Å². The first-order valence-corrected chi connectivity index (χ1v) is 8.86. The molecule has 0 N–H and O–H groups in total. The van der Waals surface area contributed by atoms with Gasteiger partial charge in [0.05, 0.1) is 22.9 Å². The van der Waals surface area contributed by atoms with Crippen LogP contribution < -0.4 is 10.3 Å². The zero-order chi connectivity index (χ0) is 21.6. The lowest BCUT2D eigenvalue weighted by Gasteiger charge is -2.10. The number of halogens is 1. The molecule has 0 unspecified atom stereocenters. The molecule has 0 aliphatic rings. The van der Waals surface area contributed by atoms with Crippen molar-refractivity contribution >= 4 is 16.6 Å². The zero-order valence-corrected chi connectivity index (χ0v) is 16.2. The van der Waals surface area contributed by atoms with Crippen molar-refractivity contribution in [1.29, 1.82) is 5.26 Å². The summed E-state index contributed by atoms with van der Waals surface area (Å²) in [5, 5.41) is 20.3. The number of aromatic nitrogens is 2. The van der Waals surface area contributed by atoms with Gasteiger partial charge in [-0.05, 0) is 24.1 Å². The number of nitro benzene ring substituents is 1. The lowest BCUT2D eigenvalue weighted by atomic mass is 10.1. The Balaban J connectivity index is 0.00000145. The Kier molecular flexibility index (Phi) is 6.98. The van der Waals surface area contributed by atoms with Gasteiger partial charge in [-0.15, -0.1) is 0 Å². The van der Waals surface area contributed by atoms with Gasteiger partial charge in [0.25, 0.3) is 11.2 Å². The summed E-state index contributed by atoms with van der Waals surface area (Å²) in [4.78, 5) is 27.0. The molecule has 9 heteroatoms. The Hall–Kier alpha value is -3.80. The number of rotatable bonds is 5. The molecule has 3 rings (SSSR count). The number of nitrogens with zero attached hydrogens (tertiary/aromatic N) is 4. The number of hydrogen-bond donors (Lipinski definition) is 0. The van der Waals surface area contributed by atoms with Crippen molar-refractivity contribution in [3.63, 3.8) is 0 Å². The summed E-state index contributed by atoms with van der Waals surface area (Å²) in [6.07, 6.45) is 0.157. The van der Waals surface area contributed by atoms with Gasteiger partial charge >= 0.3 is 0 Å². The zero-order valence-electron chi connectivity index (χ0n) is 16.2. The monoisotopic (exact) mass is 398 g/mol. The number of methoxy groups -OCH3 is 1. The SMILES string of the molecule is CC.COc1ccc(CCn2c(C#N)nc3cc([N+](=O)[O-])ccc3c2=O)c(F)c1. The Labute approximate surface area is 166 Å². The molecule has 8 nitrogen and oxygen atoms in total. The van der Waals surface area contributed by atoms with Crippen molar-refractivity contribution in [3.05, 3.63) is 74.1 Å². The van der Waals surface area contributed by atoms with E-state index in [9.17, 15) is 24.6 Å². The van der Waals surface area contributed by atoms with Crippen LogP contribution in [0.2, 0.25) is 0 Å². The maximum Gasteiger partial charge on any atom is 0.271 e. The van der Waals surface area contributed by atoms with Crippen molar-refractivity contribution in [2.75, 3.05) is 7.11 Å². The Bertz CT molecular complexity index is 1150. The number of ether oxygens (including phenoxy) is 1. The molecule has 3 aromatic rings. The van der Waals surface area contributed by atoms with E-state index in [-0.39, 0.29) is 35.4 Å². The molecule has 0 fully saturated rings. The fourth-order valence-corrected chi connectivity index (χ4v) is 2.71. The number of nitro groups is 1. The lowest BCUT2D eigenvalue weighted by Crippen LogP contribution is -2.25. The Morgan fingerprint density at radius 1 is 1.28 bits per heavy atom. The highest BCUT2D eigenvalue weighted by atomic mass is 19.1. The summed E-state index contributed by atoms with van der Waals surface area (Å²) in [6.45, 7) is 4.03. The predicted molar refractivity (Wildman–Crippen MR) is 105 cm³/mol. The van der Waals surface area contributed by atoms with Crippen LogP contribution in [0.1, 0.15) is 25.2 Å². The maximum absolute atomic E-state index is 14.1. The van der Waals surface area contributed by atoms with E-state index in [4.69, 9.17) is 4.74 Å². The highest BCUT2D eigenvalue weighted by Gasteiger charge is 2.15. The van der Waals surface area contributed by atoms with E-state index in [0.29, 0.717) is 11.3 Å². The minimum atomic E-state index is -0.606. The van der Waals surface area contributed by atoms with E-state index in [1.54, 1.807) is 12.1 Å². The first-order valence-electron chi connectivity index (χ1n) is 8.86. The molecular formula is C20H19FN4O4. The summed E-state index contributed by atoms with van der Waals surface area (Å²) < 4.78 is 20.2. The molecule has 0 radical (unpaired) electrons. The van der Waals surface area contributed by atoms with Crippen molar-refractivity contribution < 1.29 is 14.1 Å². The number of hydrogen-bond acceptors (Lipinski definition) is 6. The van der Waals surface area contributed by atoms with Gasteiger partial charge in [-0.2, -0.15) is 5.26 Å². The van der Waals surface area contributed by atoms with Crippen LogP contribution in [0.15, 0.2) is 41.2 Å². The number of aryl methyl sites for hydroxylation is 1. The molecule has 2 aromatic carbocycles. The average Bonchev–Trinajstić information content (AvgIpc) is 2.74. The van der Waals surface area contributed by atoms with Crippen LogP contribution in [-0.4, -0.2) is 21.6 Å². The topological polar surface area (TPSA) is 111 Å². The smallest absolute Gasteiger partial charge is 0.271 e. The van der Waals surface area contributed by atoms with Crippen LogP contribution in [-0.2, 0) is 13.0 Å². The first-order chi connectivity index (χ1) is 13.9. The Morgan fingerprint density at radius 2 is 2.00 bits per heavy atom. The molecule has 0 spiro atoms. The molecule has 1 heterocycles. The van der Waals surface area contributed by atoms with Crippen molar-refractivity contribution in [1.82, 2.24) is 9.55 Å². The van der Waals surface area contributed by atoms with Crippen molar-refractivity contribution in [3.8, 4) is 11.8 Å². The highest BCUT2D eigenvalue weighted by molar-refractivity contribution is 5.80. The average molecular weight is 398 g/mol. The van der Waals surface area contributed by atoms with Gasteiger partial charge in [0.15, 0.2) is 0 Å². The molecule has 0 amide bonds. The number of benzene rings is 2. The van der Waals surface area contributed by atoms with Gasteiger partial charge in [0.1, 0.15) is 17.6 Å². The predicted octanol–water partition coefficient (Wildman–Crippen LogP) is 3.59. The molecule has 0 saturated carbocycles. The fourth-order valence-electron chi connectivity index (χ4n) is 2.71. The van der Waals surface area contributed by atoms with Crippen molar-refractivity contribution in [2.24, 2.45) is 0 Å². The first kappa shape index (κ1) is 21.5. The van der Waals surface area contributed by atoms with E-state index in [1.165, 1.54) is 25.3 Å². The minimum absolute atomic E-state index is 0.0326. The number of non-ortho nitro benzene ring substituents is 1. The molecule has 0 atom stereocenters. The lowest BCUT2D eigenvalue weighted by molar-refractivity contribution is -0.384. The van der Waals surface area contributed by atoms with Gasteiger partial charge in [0.2, 0.25) is 5.82 Å². The summed E-state index contributed by atoms with van der Waals surface area (Å²) in [5.41, 5.74) is -0.315. The third kappa shape index (κ3) is 4.55. The molecule has 0 bridgehead atoms. The molecule has 1 aromatic heterocycles. The summed E-state index contributed by atoms with van der Waals surface area (Å²) >= 11 is 0. The van der Waals surface area contributed by atoms with Gasteiger partial charge < -0.3 is 4.74 Å². The second-order valence-corrected chi connectivity index (χ2v) is 5.67. The van der Waals surface area contributed by atoms with Gasteiger partial charge in [0, 0.05) is 24.7 Å². The third-order valence-electron chi connectivity index (χ3n) is 4.11. The summed E-state index contributed by atoms with van der Waals surface area (Å²) in [6, 6.07) is 9.84. The third-order valence-corrected chi connectivity index (χ3v) is 4.11. The second kappa shape index (κ2) is 9.41. The molecule has 150 valence electrons. The molecule has 0 saturated heterocycles. The quantitative estimate of drug-likeness (QED) is 0.480. The van der Waals surface area contributed by atoms with Crippen LogP contribution >= 0.6 is 0 Å². The van der Waals surface area contributed by atoms with Gasteiger partial charge in [-0.3, -0.25) is 19.5 Å². The largest absolute Gasteiger partial charge is 0.497 e. The number of fused-ring (bicyclic) bond motifs is 1. The summed E-state index contributed by atoms with van der Waals surface area (Å²) in [7, 11) is 1.43. The molecule has 29 heavy (non-hydrogen) atoms. The summed E-state index contributed by atoms with van der Waals surface area (Å²) in [5.74, 6) is -0.299. The van der Waals surface area contributed by atoms with E-state index in [2.05, 4.69) is 4.98 Å². The van der Waals surface area contributed by atoms with E-state index >= 15 is 0 Å². The maximum atomic E-state index is 14.1. The van der Waals surface area contributed by atoms with Crippen LogP contribution in [0.25, 0.3) is 10.9 Å².